The van der Waals surface area contributed by atoms with Crippen molar-refractivity contribution in [2.45, 2.75) is 20.4 Å². The second kappa shape index (κ2) is 4.52. The third kappa shape index (κ3) is 1.92. The number of aryl methyl sites for hydroxylation is 2. The van der Waals surface area contributed by atoms with Gasteiger partial charge < -0.3 is 10.1 Å². The van der Waals surface area contributed by atoms with Crippen molar-refractivity contribution in [2.75, 3.05) is 0 Å². The molecule has 0 atom stereocenters. The maximum atomic E-state index is 5.92. The Labute approximate surface area is 112 Å². The molecule has 0 bridgehead atoms. The molecule has 3 nitrogen and oxygen atoms in total. The van der Waals surface area contributed by atoms with Crippen LogP contribution >= 0.6 is 0 Å². The fourth-order valence-electron chi connectivity index (χ4n) is 2.39. The SMILES string of the molecule is Cc1ccc(-c2nc3c(C)cccn3c2CN)cc1. The third-order valence-corrected chi connectivity index (χ3v) is 3.46. The van der Waals surface area contributed by atoms with Gasteiger partial charge in [-0.05, 0) is 25.5 Å². The van der Waals surface area contributed by atoms with Crippen LogP contribution in [0.2, 0.25) is 0 Å². The van der Waals surface area contributed by atoms with Crippen LogP contribution in [-0.2, 0) is 6.54 Å². The van der Waals surface area contributed by atoms with E-state index >= 15 is 0 Å². The zero-order chi connectivity index (χ0) is 13.4. The Kier molecular flexibility index (Phi) is 2.84. The monoisotopic (exact) mass is 251 g/mol. The number of nitrogens with two attached hydrogens (primary N) is 1. The molecular formula is C16H17N3. The Morgan fingerprint density at radius 2 is 1.84 bits per heavy atom. The molecule has 0 spiro atoms. The van der Waals surface area contributed by atoms with Gasteiger partial charge in [-0.2, -0.15) is 0 Å². The lowest BCUT2D eigenvalue weighted by atomic mass is 10.1. The molecule has 3 aromatic rings. The lowest BCUT2D eigenvalue weighted by Gasteiger charge is -2.03. The zero-order valence-electron chi connectivity index (χ0n) is 11.2. The Bertz CT molecular complexity index is 724. The summed E-state index contributed by atoms with van der Waals surface area (Å²) in [6.45, 7) is 4.64. The van der Waals surface area contributed by atoms with Crippen LogP contribution in [0.5, 0.6) is 0 Å². The molecule has 0 aliphatic heterocycles. The number of nitrogens with zero attached hydrogens (tertiary/aromatic N) is 2. The molecule has 3 rings (SSSR count). The van der Waals surface area contributed by atoms with Crippen LogP contribution in [0.15, 0.2) is 42.6 Å². The van der Waals surface area contributed by atoms with Crippen molar-refractivity contribution in [1.29, 1.82) is 0 Å². The van der Waals surface area contributed by atoms with Gasteiger partial charge in [0.05, 0.1) is 11.4 Å². The van der Waals surface area contributed by atoms with E-state index < -0.39 is 0 Å². The molecule has 2 heterocycles. The van der Waals surface area contributed by atoms with Gasteiger partial charge in [-0.15, -0.1) is 0 Å². The number of pyridine rings is 1. The van der Waals surface area contributed by atoms with Crippen LogP contribution < -0.4 is 5.73 Å². The summed E-state index contributed by atoms with van der Waals surface area (Å²) in [6, 6.07) is 12.5. The topological polar surface area (TPSA) is 43.3 Å². The standard InChI is InChI=1S/C16H17N3/c1-11-5-7-13(8-6-11)15-14(10-17)19-9-3-4-12(2)16(19)18-15/h3-9H,10,17H2,1-2H3. The number of imidazole rings is 1. The lowest BCUT2D eigenvalue weighted by Crippen LogP contribution is -2.02. The largest absolute Gasteiger partial charge is 0.325 e. The minimum Gasteiger partial charge on any atom is -0.325 e. The molecule has 0 fully saturated rings. The van der Waals surface area contributed by atoms with E-state index in [2.05, 4.69) is 48.6 Å². The van der Waals surface area contributed by atoms with Crippen LogP contribution in [0.3, 0.4) is 0 Å². The van der Waals surface area contributed by atoms with Crippen molar-refractivity contribution < 1.29 is 0 Å². The number of rotatable bonds is 2. The van der Waals surface area contributed by atoms with Crippen LogP contribution in [0.4, 0.5) is 0 Å². The fourth-order valence-corrected chi connectivity index (χ4v) is 2.39. The van der Waals surface area contributed by atoms with E-state index in [0.717, 1.165) is 28.2 Å². The molecule has 0 unspecified atom stereocenters. The highest BCUT2D eigenvalue weighted by molar-refractivity contribution is 5.68. The highest BCUT2D eigenvalue weighted by atomic mass is 15.0. The molecule has 0 amide bonds. The van der Waals surface area contributed by atoms with Gasteiger partial charge in [0.1, 0.15) is 5.65 Å². The van der Waals surface area contributed by atoms with E-state index in [1.807, 2.05) is 12.3 Å². The predicted molar refractivity (Wildman–Crippen MR) is 78.0 cm³/mol. The van der Waals surface area contributed by atoms with Gasteiger partial charge in [-0.1, -0.05) is 35.9 Å². The molecule has 0 aliphatic carbocycles. The molecule has 2 N–H and O–H groups in total. The lowest BCUT2D eigenvalue weighted by molar-refractivity contribution is 0.959. The summed E-state index contributed by atoms with van der Waals surface area (Å²) in [5.74, 6) is 0. The van der Waals surface area contributed by atoms with Gasteiger partial charge in [-0.3, -0.25) is 0 Å². The van der Waals surface area contributed by atoms with Crippen molar-refractivity contribution >= 4 is 5.65 Å². The molecular weight excluding hydrogens is 234 g/mol. The summed E-state index contributed by atoms with van der Waals surface area (Å²) in [6.07, 6.45) is 2.02. The van der Waals surface area contributed by atoms with E-state index in [9.17, 15) is 0 Å². The smallest absolute Gasteiger partial charge is 0.140 e. The molecule has 0 radical (unpaired) electrons. The Morgan fingerprint density at radius 3 is 2.53 bits per heavy atom. The maximum absolute atomic E-state index is 5.92. The maximum Gasteiger partial charge on any atom is 0.140 e. The van der Waals surface area contributed by atoms with Gasteiger partial charge in [-0.25, -0.2) is 4.98 Å². The number of benzene rings is 1. The molecule has 19 heavy (non-hydrogen) atoms. The molecule has 0 aliphatic rings. The molecule has 2 aromatic heterocycles. The predicted octanol–water partition coefficient (Wildman–Crippen LogP) is 3.08. The molecule has 96 valence electrons. The van der Waals surface area contributed by atoms with Crippen molar-refractivity contribution in [3.05, 3.63) is 59.4 Å². The highest BCUT2D eigenvalue weighted by Crippen LogP contribution is 2.25. The minimum atomic E-state index is 0.480. The van der Waals surface area contributed by atoms with Gasteiger partial charge in [0.25, 0.3) is 0 Å². The second-order valence-corrected chi connectivity index (χ2v) is 4.86. The number of fused-ring (bicyclic) bond motifs is 1. The Morgan fingerprint density at radius 1 is 1.11 bits per heavy atom. The number of aromatic nitrogens is 2. The second-order valence-electron chi connectivity index (χ2n) is 4.86. The van der Waals surface area contributed by atoms with Gasteiger partial charge in [0.15, 0.2) is 0 Å². The van der Waals surface area contributed by atoms with Gasteiger partial charge >= 0.3 is 0 Å². The average Bonchev–Trinajstić information content (AvgIpc) is 2.79. The highest BCUT2D eigenvalue weighted by Gasteiger charge is 2.13. The third-order valence-electron chi connectivity index (χ3n) is 3.46. The van der Waals surface area contributed by atoms with E-state index in [0.29, 0.717) is 6.54 Å². The first-order valence-electron chi connectivity index (χ1n) is 6.44. The molecule has 0 saturated carbocycles. The number of hydrogen-bond acceptors (Lipinski definition) is 2. The average molecular weight is 251 g/mol. The van der Waals surface area contributed by atoms with Crippen LogP contribution in [0.25, 0.3) is 16.9 Å². The first kappa shape index (κ1) is 11.9. The zero-order valence-corrected chi connectivity index (χ0v) is 11.2. The van der Waals surface area contributed by atoms with E-state index in [1.165, 1.54) is 5.56 Å². The molecule has 1 aromatic carbocycles. The summed E-state index contributed by atoms with van der Waals surface area (Å²) in [4.78, 5) is 4.77. The van der Waals surface area contributed by atoms with E-state index in [4.69, 9.17) is 10.7 Å². The Balaban J connectivity index is 2.29. The van der Waals surface area contributed by atoms with Crippen molar-refractivity contribution in [1.82, 2.24) is 9.38 Å². The van der Waals surface area contributed by atoms with Gasteiger partial charge in [0.2, 0.25) is 0 Å². The first-order valence-corrected chi connectivity index (χ1v) is 6.44. The minimum absolute atomic E-state index is 0.480. The molecule has 3 heteroatoms. The van der Waals surface area contributed by atoms with Crippen molar-refractivity contribution in [3.63, 3.8) is 0 Å². The summed E-state index contributed by atoms with van der Waals surface area (Å²) >= 11 is 0. The van der Waals surface area contributed by atoms with Crippen molar-refractivity contribution in [2.24, 2.45) is 5.73 Å². The Hall–Kier alpha value is -2.13. The van der Waals surface area contributed by atoms with E-state index in [1.54, 1.807) is 0 Å². The van der Waals surface area contributed by atoms with Gasteiger partial charge in [0, 0.05) is 18.3 Å². The van der Waals surface area contributed by atoms with Crippen LogP contribution in [0.1, 0.15) is 16.8 Å². The van der Waals surface area contributed by atoms with Crippen LogP contribution in [0, 0.1) is 13.8 Å². The normalized spacial score (nSPS) is 11.1. The van der Waals surface area contributed by atoms with Crippen molar-refractivity contribution in [3.8, 4) is 11.3 Å². The van der Waals surface area contributed by atoms with E-state index in [-0.39, 0.29) is 0 Å². The summed E-state index contributed by atoms with van der Waals surface area (Å²) in [5, 5.41) is 0. The summed E-state index contributed by atoms with van der Waals surface area (Å²) < 4.78 is 2.09. The van der Waals surface area contributed by atoms with Crippen LogP contribution in [-0.4, -0.2) is 9.38 Å². The quantitative estimate of drug-likeness (QED) is 0.760. The number of hydrogen-bond donors (Lipinski definition) is 1. The summed E-state index contributed by atoms with van der Waals surface area (Å²) in [5.41, 5.74) is 12.5. The first-order chi connectivity index (χ1) is 9.20. The fraction of sp³-hybridized carbons (Fsp3) is 0.188. The molecule has 0 saturated heterocycles. The summed E-state index contributed by atoms with van der Waals surface area (Å²) in [7, 11) is 0.